The van der Waals surface area contributed by atoms with E-state index in [-0.39, 0.29) is 17.2 Å². The molecule has 6 heteroatoms. The van der Waals surface area contributed by atoms with E-state index in [1.165, 1.54) is 12.1 Å². The van der Waals surface area contributed by atoms with Crippen LogP contribution in [-0.2, 0) is 6.61 Å². The molecule has 21 heavy (non-hydrogen) atoms. The van der Waals surface area contributed by atoms with E-state index in [2.05, 4.69) is 0 Å². The van der Waals surface area contributed by atoms with Gasteiger partial charge in [-0.1, -0.05) is 23.7 Å². The molecule has 3 N–H and O–H groups in total. The number of aromatic carboxylic acids is 1. The monoisotopic (exact) mass is 305 g/mol. The predicted octanol–water partition coefficient (Wildman–Crippen LogP) is 2.72. The maximum atomic E-state index is 11.0. The number of carbonyl (C=O) groups is 2. The summed E-state index contributed by atoms with van der Waals surface area (Å²) in [4.78, 5) is 21.9. The van der Waals surface area contributed by atoms with Crippen LogP contribution in [0, 0.1) is 0 Å². The van der Waals surface area contributed by atoms with Gasteiger partial charge in [0.05, 0.1) is 10.6 Å². The number of carboxylic acid groups (broad SMARTS) is 1. The van der Waals surface area contributed by atoms with Crippen LogP contribution in [0.15, 0.2) is 42.5 Å². The Hall–Kier alpha value is -2.53. The van der Waals surface area contributed by atoms with Gasteiger partial charge in [0, 0.05) is 5.56 Å². The molecule has 0 spiro atoms. The Balaban J connectivity index is 2.07. The topological polar surface area (TPSA) is 89.6 Å². The minimum absolute atomic E-state index is 0.0155. The highest BCUT2D eigenvalue weighted by Gasteiger charge is 2.10. The van der Waals surface area contributed by atoms with Gasteiger partial charge in [0.25, 0.3) is 0 Å². The zero-order valence-electron chi connectivity index (χ0n) is 10.9. The molecule has 0 saturated heterocycles. The Labute approximate surface area is 125 Å². The van der Waals surface area contributed by atoms with Gasteiger partial charge in [0.1, 0.15) is 12.4 Å². The average molecular weight is 306 g/mol. The summed E-state index contributed by atoms with van der Waals surface area (Å²) in [7, 11) is 0. The van der Waals surface area contributed by atoms with Gasteiger partial charge < -0.3 is 15.6 Å². The molecule has 0 aliphatic carbocycles. The predicted molar refractivity (Wildman–Crippen MR) is 77.7 cm³/mol. The number of halogens is 1. The number of amides is 1. The highest BCUT2D eigenvalue weighted by Crippen LogP contribution is 2.22. The van der Waals surface area contributed by atoms with E-state index in [4.69, 9.17) is 27.2 Å². The van der Waals surface area contributed by atoms with Crippen LogP contribution < -0.4 is 10.5 Å². The van der Waals surface area contributed by atoms with Crippen molar-refractivity contribution in [2.45, 2.75) is 6.61 Å². The van der Waals surface area contributed by atoms with Crippen molar-refractivity contribution < 1.29 is 19.4 Å². The second-order valence-corrected chi connectivity index (χ2v) is 4.70. The summed E-state index contributed by atoms with van der Waals surface area (Å²) in [6.07, 6.45) is 0. The van der Waals surface area contributed by atoms with Crippen LogP contribution in [0.3, 0.4) is 0 Å². The van der Waals surface area contributed by atoms with Crippen molar-refractivity contribution in [3.63, 3.8) is 0 Å². The molecule has 0 bridgehead atoms. The molecule has 0 aliphatic heterocycles. The molecule has 0 atom stereocenters. The SMILES string of the molecule is NC(=O)c1ccc(COc2ccc(Cl)c(C(=O)O)c2)cc1. The van der Waals surface area contributed by atoms with E-state index in [1.807, 2.05) is 0 Å². The number of benzene rings is 2. The second kappa shape index (κ2) is 6.28. The lowest BCUT2D eigenvalue weighted by molar-refractivity contribution is 0.0696. The van der Waals surface area contributed by atoms with Crippen LogP contribution >= 0.6 is 11.6 Å². The fraction of sp³-hybridized carbons (Fsp3) is 0.0667. The van der Waals surface area contributed by atoms with Crippen LogP contribution in [0.25, 0.3) is 0 Å². The van der Waals surface area contributed by atoms with Gasteiger partial charge in [0.15, 0.2) is 0 Å². The van der Waals surface area contributed by atoms with Gasteiger partial charge in [0.2, 0.25) is 5.91 Å². The molecule has 0 aliphatic rings. The standard InChI is InChI=1S/C15H12ClNO4/c16-13-6-5-11(7-12(13)15(19)20)21-8-9-1-3-10(4-2-9)14(17)18/h1-7H,8H2,(H2,17,18)(H,19,20). The molecule has 1 amide bonds. The lowest BCUT2D eigenvalue weighted by Gasteiger charge is -2.08. The molecular formula is C15H12ClNO4. The van der Waals surface area contributed by atoms with Crippen molar-refractivity contribution in [2.75, 3.05) is 0 Å². The van der Waals surface area contributed by atoms with Gasteiger partial charge in [-0.15, -0.1) is 0 Å². The Kier molecular flexibility index (Phi) is 4.45. The molecule has 0 heterocycles. The minimum atomic E-state index is -1.11. The van der Waals surface area contributed by atoms with Crippen molar-refractivity contribution in [1.29, 1.82) is 0 Å². The molecule has 2 rings (SSSR count). The van der Waals surface area contributed by atoms with Gasteiger partial charge in [-0.25, -0.2) is 4.79 Å². The van der Waals surface area contributed by atoms with Crippen molar-refractivity contribution in [1.82, 2.24) is 0 Å². The zero-order valence-corrected chi connectivity index (χ0v) is 11.6. The lowest BCUT2D eigenvalue weighted by Crippen LogP contribution is -2.10. The van der Waals surface area contributed by atoms with E-state index < -0.39 is 11.9 Å². The first kappa shape index (κ1) is 14.9. The fourth-order valence-electron chi connectivity index (χ4n) is 1.69. The molecular weight excluding hydrogens is 294 g/mol. The summed E-state index contributed by atoms with van der Waals surface area (Å²) < 4.78 is 5.50. The molecule has 0 radical (unpaired) electrons. The fourth-order valence-corrected chi connectivity index (χ4v) is 1.89. The summed E-state index contributed by atoms with van der Waals surface area (Å²) in [6.45, 7) is 0.236. The van der Waals surface area contributed by atoms with E-state index in [1.54, 1.807) is 30.3 Å². The number of nitrogens with two attached hydrogens (primary N) is 1. The van der Waals surface area contributed by atoms with Crippen LogP contribution in [0.2, 0.25) is 5.02 Å². The van der Waals surface area contributed by atoms with E-state index in [0.29, 0.717) is 11.3 Å². The van der Waals surface area contributed by atoms with Crippen molar-refractivity contribution >= 4 is 23.5 Å². The maximum absolute atomic E-state index is 11.0. The van der Waals surface area contributed by atoms with Crippen molar-refractivity contribution in [2.24, 2.45) is 5.73 Å². The summed E-state index contributed by atoms with van der Waals surface area (Å²) in [5, 5.41) is 9.13. The van der Waals surface area contributed by atoms with Gasteiger partial charge in [-0.05, 0) is 35.9 Å². The number of hydrogen-bond acceptors (Lipinski definition) is 3. The van der Waals surface area contributed by atoms with Crippen molar-refractivity contribution in [3.8, 4) is 5.75 Å². The van der Waals surface area contributed by atoms with Crippen LogP contribution in [-0.4, -0.2) is 17.0 Å². The average Bonchev–Trinajstić information content (AvgIpc) is 2.46. The third-order valence-corrected chi connectivity index (χ3v) is 3.14. The molecule has 2 aromatic carbocycles. The van der Waals surface area contributed by atoms with E-state index in [0.717, 1.165) is 5.56 Å². The molecule has 0 unspecified atom stereocenters. The Morgan fingerprint density at radius 1 is 1.14 bits per heavy atom. The minimum Gasteiger partial charge on any atom is -0.489 e. The first-order valence-corrected chi connectivity index (χ1v) is 6.39. The first-order valence-electron chi connectivity index (χ1n) is 6.02. The van der Waals surface area contributed by atoms with Gasteiger partial charge >= 0.3 is 5.97 Å². The number of rotatable bonds is 5. The number of hydrogen-bond donors (Lipinski definition) is 2. The van der Waals surface area contributed by atoms with Gasteiger partial charge in [-0.3, -0.25) is 4.79 Å². The zero-order chi connectivity index (χ0) is 15.4. The van der Waals surface area contributed by atoms with Crippen LogP contribution in [0.1, 0.15) is 26.3 Å². The molecule has 2 aromatic rings. The largest absolute Gasteiger partial charge is 0.489 e. The summed E-state index contributed by atoms with van der Waals surface area (Å²) in [6, 6.07) is 11.1. The Morgan fingerprint density at radius 3 is 2.38 bits per heavy atom. The quantitative estimate of drug-likeness (QED) is 0.888. The number of carboxylic acids is 1. The Bertz CT molecular complexity index is 683. The summed E-state index contributed by atoms with van der Waals surface area (Å²) >= 11 is 5.78. The first-order chi connectivity index (χ1) is 9.97. The van der Waals surface area contributed by atoms with E-state index >= 15 is 0 Å². The van der Waals surface area contributed by atoms with Crippen LogP contribution in [0.4, 0.5) is 0 Å². The highest BCUT2D eigenvalue weighted by molar-refractivity contribution is 6.33. The molecule has 0 saturated carbocycles. The van der Waals surface area contributed by atoms with Crippen molar-refractivity contribution in [3.05, 3.63) is 64.2 Å². The Morgan fingerprint density at radius 2 is 1.81 bits per heavy atom. The second-order valence-electron chi connectivity index (χ2n) is 4.30. The molecule has 5 nitrogen and oxygen atoms in total. The number of ether oxygens (including phenoxy) is 1. The molecule has 0 fully saturated rings. The third-order valence-electron chi connectivity index (χ3n) is 2.81. The van der Waals surface area contributed by atoms with E-state index in [9.17, 15) is 9.59 Å². The molecule has 0 aromatic heterocycles. The molecule has 108 valence electrons. The third kappa shape index (κ3) is 3.73. The van der Waals surface area contributed by atoms with Gasteiger partial charge in [-0.2, -0.15) is 0 Å². The smallest absolute Gasteiger partial charge is 0.337 e. The van der Waals surface area contributed by atoms with Crippen LogP contribution in [0.5, 0.6) is 5.75 Å². The maximum Gasteiger partial charge on any atom is 0.337 e. The lowest BCUT2D eigenvalue weighted by atomic mass is 10.1. The highest BCUT2D eigenvalue weighted by atomic mass is 35.5. The normalized spacial score (nSPS) is 10.1. The summed E-state index contributed by atoms with van der Waals surface area (Å²) in [5.41, 5.74) is 6.38. The summed E-state index contributed by atoms with van der Waals surface area (Å²) in [5.74, 6) is -1.21. The number of carbonyl (C=O) groups excluding carboxylic acids is 1. The number of primary amides is 1.